The minimum Gasteiger partial charge on any atom is -0.508 e. The van der Waals surface area contributed by atoms with Crippen molar-refractivity contribution >= 4 is 16.7 Å². The summed E-state index contributed by atoms with van der Waals surface area (Å²) in [5, 5.41) is 20.6. The third kappa shape index (κ3) is 3.87. The molecule has 0 saturated carbocycles. The molecule has 0 bridgehead atoms. The number of hydrogen-bond donors (Lipinski definition) is 3. The van der Waals surface area contributed by atoms with E-state index < -0.39 is 12.0 Å². The van der Waals surface area contributed by atoms with E-state index in [0.717, 1.165) is 16.3 Å². The van der Waals surface area contributed by atoms with Crippen LogP contribution in [-0.4, -0.2) is 29.3 Å². The molecule has 6 heteroatoms. The molecular formula is C20H19NO5. The zero-order valence-corrected chi connectivity index (χ0v) is 14.2. The maximum atomic E-state index is 12.2. The summed E-state index contributed by atoms with van der Waals surface area (Å²) in [6, 6.07) is 14.0. The van der Waals surface area contributed by atoms with Gasteiger partial charge in [-0.25, -0.2) is 4.79 Å². The highest BCUT2D eigenvalue weighted by Gasteiger charge is 2.17. The van der Waals surface area contributed by atoms with Crippen molar-refractivity contribution in [1.82, 2.24) is 0 Å². The first-order chi connectivity index (χ1) is 12.5. The highest BCUT2D eigenvalue weighted by Crippen LogP contribution is 2.32. The van der Waals surface area contributed by atoms with Gasteiger partial charge in [0.2, 0.25) is 0 Å². The Kier molecular flexibility index (Phi) is 4.95. The third-order valence-corrected chi connectivity index (χ3v) is 4.02. The smallest absolute Gasteiger partial charge is 0.328 e. The number of carbonyl (C=O) groups is 1. The van der Waals surface area contributed by atoms with Crippen LogP contribution in [0.1, 0.15) is 5.56 Å². The zero-order chi connectivity index (χ0) is 18.7. The first-order valence-corrected chi connectivity index (χ1v) is 8.02. The second-order valence-corrected chi connectivity index (χ2v) is 5.93. The van der Waals surface area contributed by atoms with Gasteiger partial charge in [0.05, 0.1) is 7.11 Å². The number of carbonyl (C=O) groups excluding carboxylic acids is 1. The van der Waals surface area contributed by atoms with E-state index >= 15 is 0 Å². The Hall–Kier alpha value is -3.25. The van der Waals surface area contributed by atoms with E-state index in [4.69, 9.17) is 15.2 Å². The molecule has 0 aliphatic heterocycles. The maximum Gasteiger partial charge on any atom is 0.328 e. The number of phenolic OH excluding ortho intramolecular Hbond substituents is 2. The number of esters is 1. The topological polar surface area (TPSA) is 102 Å². The van der Waals surface area contributed by atoms with Gasteiger partial charge >= 0.3 is 5.97 Å². The summed E-state index contributed by atoms with van der Waals surface area (Å²) in [5.41, 5.74) is 6.75. The molecule has 134 valence electrons. The lowest BCUT2D eigenvalue weighted by Crippen LogP contribution is -2.36. The number of aromatic hydroxyl groups is 2. The van der Waals surface area contributed by atoms with Gasteiger partial charge in [-0.05, 0) is 59.2 Å². The van der Waals surface area contributed by atoms with Gasteiger partial charge in [0.15, 0.2) is 11.5 Å². The van der Waals surface area contributed by atoms with Crippen molar-refractivity contribution in [3.63, 3.8) is 0 Å². The lowest BCUT2D eigenvalue weighted by molar-refractivity contribution is -0.135. The van der Waals surface area contributed by atoms with Gasteiger partial charge in [-0.15, -0.1) is 0 Å². The molecule has 3 rings (SSSR count). The Balaban J connectivity index is 1.73. The second-order valence-electron chi connectivity index (χ2n) is 5.93. The second kappa shape index (κ2) is 7.33. The minimum atomic E-state index is -0.829. The standard InChI is InChI=1S/C20H19NO5/c1-25-19-11-14-9-16(7-4-13(14)10-18(19)23)26-20(24)17(21)8-12-2-5-15(22)6-3-12/h2-7,9-11,17,22-23H,8,21H2,1H3. The summed E-state index contributed by atoms with van der Waals surface area (Å²) < 4.78 is 10.5. The predicted octanol–water partition coefficient (Wildman–Crippen LogP) is 2.74. The molecule has 26 heavy (non-hydrogen) atoms. The minimum absolute atomic E-state index is 0.0423. The number of hydrogen-bond acceptors (Lipinski definition) is 6. The summed E-state index contributed by atoms with van der Waals surface area (Å²) in [7, 11) is 1.47. The van der Waals surface area contributed by atoms with Crippen LogP contribution in [0.25, 0.3) is 10.8 Å². The number of rotatable bonds is 5. The Morgan fingerprint density at radius 1 is 1.04 bits per heavy atom. The number of phenols is 2. The molecule has 0 aromatic heterocycles. The average Bonchev–Trinajstić information content (AvgIpc) is 2.63. The Labute approximate surface area is 150 Å². The molecule has 0 spiro atoms. The Bertz CT molecular complexity index is 937. The predicted molar refractivity (Wildman–Crippen MR) is 97.6 cm³/mol. The van der Waals surface area contributed by atoms with Crippen LogP contribution in [0.3, 0.4) is 0 Å². The van der Waals surface area contributed by atoms with Crippen LogP contribution in [0.5, 0.6) is 23.0 Å². The van der Waals surface area contributed by atoms with E-state index in [9.17, 15) is 15.0 Å². The summed E-state index contributed by atoms with van der Waals surface area (Å²) in [6.07, 6.45) is 0.300. The van der Waals surface area contributed by atoms with Gasteiger partial charge in [-0.2, -0.15) is 0 Å². The lowest BCUT2D eigenvalue weighted by Gasteiger charge is -2.12. The summed E-state index contributed by atoms with van der Waals surface area (Å²) in [4.78, 5) is 12.2. The van der Waals surface area contributed by atoms with Crippen molar-refractivity contribution in [2.45, 2.75) is 12.5 Å². The molecule has 0 fully saturated rings. The fourth-order valence-electron chi connectivity index (χ4n) is 2.63. The number of nitrogens with two attached hydrogens (primary N) is 1. The van der Waals surface area contributed by atoms with Crippen molar-refractivity contribution in [3.8, 4) is 23.0 Å². The highest BCUT2D eigenvalue weighted by atomic mass is 16.5. The maximum absolute atomic E-state index is 12.2. The molecule has 3 aromatic rings. The molecule has 1 atom stereocenters. The van der Waals surface area contributed by atoms with Crippen molar-refractivity contribution in [3.05, 3.63) is 60.2 Å². The monoisotopic (exact) mass is 353 g/mol. The van der Waals surface area contributed by atoms with Gasteiger partial charge in [0.25, 0.3) is 0 Å². The molecular weight excluding hydrogens is 334 g/mol. The number of ether oxygens (including phenoxy) is 2. The Morgan fingerprint density at radius 2 is 1.77 bits per heavy atom. The normalized spacial score (nSPS) is 11.9. The lowest BCUT2D eigenvalue weighted by atomic mass is 10.1. The van der Waals surface area contributed by atoms with Gasteiger partial charge in [0.1, 0.15) is 17.5 Å². The number of benzene rings is 3. The van der Waals surface area contributed by atoms with E-state index in [1.54, 1.807) is 54.6 Å². The molecule has 0 aliphatic carbocycles. The molecule has 0 radical (unpaired) electrons. The van der Waals surface area contributed by atoms with Crippen molar-refractivity contribution in [2.24, 2.45) is 5.73 Å². The van der Waals surface area contributed by atoms with Crippen LogP contribution >= 0.6 is 0 Å². The molecule has 0 heterocycles. The first-order valence-electron chi connectivity index (χ1n) is 8.02. The number of methoxy groups -OCH3 is 1. The Morgan fingerprint density at radius 3 is 2.46 bits per heavy atom. The summed E-state index contributed by atoms with van der Waals surface area (Å²) in [5.74, 6) is 0.341. The number of fused-ring (bicyclic) bond motifs is 1. The van der Waals surface area contributed by atoms with E-state index in [1.165, 1.54) is 7.11 Å². The molecule has 6 nitrogen and oxygen atoms in total. The molecule has 1 unspecified atom stereocenters. The van der Waals surface area contributed by atoms with E-state index in [2.05, 4.69) is 0 Å². The van der Waals surface area contributed by atoms with E-state index in [0.29, 0.717) is 17.9 Å². The van der Waals surface area contributed by atoms with Crippen molar-refractivity contribution in [2.75, 3.05) is 7.11 Å². The van der Waals surface area contributed by atoms with E-state index in [-0.39, 0.29) is 11.5 Å². The van der Waals surface area contributed by atoms with Crippen LogP contribution in [0.15, 0.2) is 54.6 Å². The molecule has 0 amide bonds. The molecule has 4 N–H and O–H groups in total. The fraction of sp³-hybridized carbons (Fsp3) is 0.150. The quantitative estimate of drug-likeness (QED) is 0.481. The average molecular weight is 353 g/mol. The first kappa shape index (κ1) is 17.6. The van der Waals surface area contributed by atoms with Gasteiger partial charge in [-0.3, -0.25) is 0 Å². The third-order valence-electron chi connectivity index (χ3n) is 4.02. The summed E-state index contributed by atoms with van der Waals surface area (Å²) in [6.45, 7) is 0. The van der Waals surface area contributed by atoms with Crippen molar-refractivity contribution in [1.29, 1.82) is 0 Å². The van der Waals surface area contributed by atoms with Crippen LogP contribution in [-0.2, 0) is 11.2 Å². The van der Waals surface area contributed by atoms with Crippen LogP contribution in [0, 0.1) is 0 Å². The van der Waals surface area contributed by atoms with Gasteiger partial charge in [0, 0.05) is 0 Å². The molecule has 3 aromatic carbocycles. The van der Waals surface area contributed by atoms with Crippen LogP contribution in [0.4, 0.5) is 0 Å². The zero-order valence-electron chi connectivity index (χ0n) is 14.2. The largest absolute Gasteiger partial charge is 0.508 e. The van der Waals surface area contributed by atoms with Gasteiger partial charge in [-0.1, -0.05) is 18.2 Å². The van der Waals surface area contributed by atoms with Crippen LogP contribution < -0.4 is 15.2 Å². The highest BCUT2D eigenvalue weighted by molar-refractivity contribution is 5.88. The van der Waals surface area contributed by atoms with Crippen molar-refractivity contribution < 1.29 is 24.5 Å². The van der Waals surface area contributed by atoms with Crippen LogP contribution in [0.2, 0.25) is 0 Å². The molecule has 0 saturated heterocycles. The fourth-order valence-corrected chi connectivity index (χ4v) is 2.63. The van der Waals surface area contributed by atoms with E-state index in [1.807, 2.05) is 0 Å². The summed E-state index contributed by atoms with van der Waals surface area (Å²) >= 11 is 0. The molecule has 0 aliphatic rings. The SMILES string of the molecule is COc1cc2cc(OC(=O)C(N)Cc3ccc(O)cc3)ccc2cc1O. The van der Waals surface area contributed by atoms with Gasteiger partial charge < -0.3 is 25.4 Å².